The molecule has 1 unspecified atom stereocenters. The summed E-state index contributed by atoms with van der Waals surface area (Å²) in [5.41, 5.74) is 1.38. The van der Waals surface area contributed by atoms with E-state index < -0.39 is 0 Å². The van der Waals surface area contributed by atoms with Gasteiger partial charge in [-0.25, -0.2) is 0 Å². The molecule has 1 heterocycles. The van der Waals surface area contributed by atoms with Crippen molar-refractivity contribution in [3.05, 3.63) is 22.4 Å². The van der Waals surface area contributed by atoms with Crippen molar-refractivity contribution in [1.29, 1.82) is 0 Å². The van der Waals surface area contributed by atoms with Crippen LogP contribution in [0.1, 0.15) is 31.7 Å². The van der Waals surface area contributed by atoms with Crippen LogP contribution < -0.4 is 5.32 Å². The summed E-state index contributed by atoms with van der Waals surface area (Å²) in [5.74, 6) is 0. The predicted molar refractivity (Wildman–Crippen MR) is 76.9 cm³/mol. The average molecular weight is 268 g/mol. The minimum atomic E-state index is -0.254. The van der Waals surface area contributed by atoms with Crippen molar-refractivity contribution in [2.24, 2.45) is 0 Å². The van der Waals surface area contributed by atoms with Crippen LogP contribution in [0.3, 0.4) is 0 Å². The third kappa shape index (κ3) is 4.69. The van der Waals surface area contributed by atoms with Crippen LogP contribution in [0.2, 0.25) is 0 Å². The van der Waals surface area contributed by atoms with Crippen molar-refractivity contribution in [1.82, 2.24) is 10.2 Å². The number of aliphatic hydroxyl groups excluding tert-OH is 1. The standard InChI is InChI=1S/C14H24N2OS/c1-2-6-15-8-14(17)10-16(13-3-4-13)9-12-5-7-18-11-12/h5,7,11,13-15,17H,2-4,6,8-10H2,1H3. The maximum absolute atomic E-state index is 10.0. The molecule has 0 spiro atoms. The summed E-state index contributed by atoms with van der Waals surface area (Å²) in [4.78, 5) is 2.43. The van der Waals surface area contributed by atoms with Gasteiger partial charge in [-0.3, -0.25) is 4.90 Å². The third-order valence-electron chi connectivity index (χ3n) is 3.28. The number of rotatable bonds is 9. The summed E-state index contributed by atoms with van der Waals surface area (Å²) in [7, 11) is 0. The number of thiophene rings is 1. The lowest BCUT2D eigenvalue weighted by molar-refractivity contribution is 0.103. The molecule has 0 bridgehead atoms. The normalized spacial score (nSPS) is 17.3. The molecule has 102 valence electrons. The molecule has 1 aromatic heterocycles. The second-order valence-corrected chi connectivity index (χ2v) is 5.93. The summed E-state index contributed by atoms with van der Waals surface area (Å²) in [6, 6.07) is 2.88. The summed E-state index contributed by atoms with van der Waals surface area (Å²) < 4.78 is 0. The first kappa shape index (κ1) is 14.0. The zero-order chi connectivity index (χ0) is 12.8. The van der Waals surface area contributed by atoms with Crippen LogP contribution in [0.25, 0.3) is 0 Å². The molecule has 2 N–H and O–H groups in total. The Morgan fingerprint density at radius 2 is 2.39 bits per heavy atom. The molecule has 1 atom stereocenters. The first-order valence-electron chi connectivity index (χ1n) is 6.93. The summed E-state index contributed by atoms with van der Waals surface area (Å²) in [6.45, 7) is 5.62. The molecule has 2 rings (SSSR count). The van der Waals surface area contributed by atoms with Gasteiger partial charge in [0.2, 0.25) is 0 Å². The van der Waals surface area contributed by atoms with Gasteiger partial charge in [0.1, 0.15) is 0 Å². The minimum absolute atomic E-state index is 0.254. The minimum Gasteiger partial charge on any atom is -0.390 e. The zero-order valence-electron chi connectivity index (χ0n) is 11.1. The zero-order valence-corrected chi connectivity index (χ0v) is 12.0. The van der Waals surface area contributed by atoms with Gasteiger partial charge >= 0.3 is 0 Å². The molecular weight excluding hydrogens is 244 g/mol. The lowest BCUT2D eigenvalue weighted by Gasteiger charge is -2.24. The monoisotopic (exact) mass is 268 g/mol. The first-order chi connectivity index (χ1) is 8.79. The van der Waals surface area contributed by atoms with E-state index in [-0.39, 0.29) is 6.10 Å². The van der Waals surface area contributed by atoms with E-state index in [0.29, 0.717) is 12.6 Å². The lowest BCUT2D eigenvalue weighted by Crippen LogP contribution is -2.39. The van der Waals surface area contributed by atoms with E-state index >= 15 is 0 Å². The van der Waals surface area contributed by atoms with Crippen LogP contribution in [-0.4, -0.2) is 41.8 Å². The van der Waals surface area contributed by atoms with Gasteiger partial charge in [0.15, 0.2) is 0 Å². The van der Waals surface area contributed by atoms with Crippen molar-refractivity contribution in [2.45, 2.75) is 44.9 Å². The van der Waals surface area contributed by atoms with Gasteiger partial charge in [-0.1, -0.05) is 6.92 Å². The van der Waals surface area contributed by atoms with Crippen LogP contribution in [-0.2, 0) is 6.54 Å². The lowest BCUT2D eigenvalue weighted by atomic mass is 10.2. The van der Waals surface area contributed by atoms with E-state index in [0.717, 1.165) is 26.1 Å². The fourth-order valence-corrected chi connectivity index (χ4v) is 2.84. The van der Waals surface area contributed by atoms with Crippen LogP contribution in [0.4, 0.5) is 0 Å². The predicted octanol–water partition coefficient (Wildman–Crippen LogP) is 2.07. The third-order valence-corrected chi connectivity index (χ3v) is 4.01. The molecule has 0 radical (unpaired) electrons. The van der Waals surface area contributed by atoms with Gasteiger partial charge < -0.3 is 10.4 Å². The van der Waals surface area contributed by atoms with Crippen LogP contribution in [0.15, 0.2) is 16.8 Å². The highest BCUT2D eigenvalue weighted by molar-refractivity contribution is 7.07. The molecule has 1 saturated carbocycles. The van der Waals surface area contributed by atoms with Gasteiger partial charge in [0, 0.05) is 25.7 Å². The summed E-state index contributed by atoms with van der Waals surface area (Å²) in [6.07, 6.45) is 3.45. The molecule has 0 amide bonds. The van der Waals surface area contributed by atoms with Crippen molar-refractivity contribution < 1.29 is 5.11 Å². The Labute approximate surface area is 114 Å². The molecule has 4 heteroatoms. The fourth-order valence-electron chi connectivity index (χ4n) is 2.18. The van der Waals surface area contributed by atoms with E-state index in [1.807, 2.05) is 0 Å². The van der Waals surface area contributed by atoms with Crippen molar-refractivity contribution in [2.75, 3.05) is 19.6 Å². The Morgan fingerprint density at radius 1 is 1.56 bits per heavy atom. The van der Waals surface area contributed by atoms with E-state index in [1.165, 1.54) is 18.4 Å². The maximum atomic E-state index is 10.0. The molecule has 0 aromatic carbocycles. The molecule has 1 aliphatic rings. The fraction of sp³-hybridized carbons (Fsp3) is 0.714. The van der Waals surface area contributed by atoms with E-state index in [9.17, 15) is 5.11 Å². The molecule has 0 saturated heterocycles. The molecule has 3 nitrogen and oxygen atoms in total. The Hall–Kier alpha value is -0.420. The second kappa shape index (κ2) is 7.24. The number of hydrogen-bond acceptors (Lipinski definition) is 4. The van der Waals surface area contributed by atoms with Crippen LogP contribution >= 0.6 is 11.3 Å². The maximum Gasteiger partial charge on any atom is 0.0791 e. The highest BCUT2D eigenvalue weighted by Crippen LogP contribution is 2.28. The quantitative estimate of drug-likeness (QED) is 0.673. The van der Waals surface area contributed by atoms with Gasteiger partial charge in [-0.05, 0) is 48.2 Å². The topological polar surface area (TPSA) is 35.5 Å². The highest BCUT2D eigenvalue weighted by Gasteiger charge is 2.30. The van der Waals surface area contributed by atoms with Gasteiger partial charge in [0.05, 0.1) is 6.10 Å². The molecular formula is C14H24N2OS. The smallest absolute Gasteiger partial charge is 0.0791 e. The van der Waals surface area contributed by atoms with Crippen molar-refractivity contribution in [3.8, 4) is 0 Å². The largest absolute Gasteiger partial charge is 0.390 e. The Kier molecular flexibility index (Phi) is 5.63. The second-order valence-electron chi connectivity index (χ2n) is 5.15. The van der Waals surface area contributed by atoms with E-state index in [1.54, 1.807) is 11.3 Å². The number of nitrogens with zero attached hydrogens (tertiary/aromatic N) is 1. The Bertz CT molecular complexity index is 325. The molecule has 1 fully saturated rings. The van der Waals surface area contributed by atoms with Gasteiger partial charge in [-0.15, -0.1) is 0 Å². The van der Waals surface area contributed by atoms with E-state index in [2.05, 4.69) is 34.0 Å². The number of hydrogen-bond donors (Lipinski definition) is 2. The first-order valence-corrected chi connectivity index (χ1v) is 7.87. The van der Waals surface area contributed by atoms with Gasteiger partial charge in [-0.2, -0.15) is 11.3 Å². The van der Waals surface area contributed by atoms with Crippen LogP contribution in [0.5, 0.6) is 0 Å². The highest BCUT2D eigenvalue weighted by atomic mass is 32.1. The summed E-state index contributed by atoms with van der Waals surface area (Å²) >= 11 is 1.75. The van der Waals surface area contributed by atoms with Crippen molar-refractivity contribution >= 4 is 11.3 Å². The molecule has 0 aliphatic heterocycles. The van der Waals surface area contributed by atoms with Crippen molar-refractivity contribution in [3.63, 3.8) is 0 Å². The number of aliphatic hydroxyl groups is 1. The Morgan fingerprint density at radius 3 is 3.00 bits per heavy atom. The molecule has 1 aliphatic carbocycles. The molecule has 1 aromatic rings. The van der Waals surface area contributed by atoms with Crippen LogP contribution in [0, 0.1) is 0 Å². The summed E-state index contributed by atoms with van der Waals surface area (Å²) in [5, 5.41) is 17.7. The Balaban J connectivity index is 1.75. The van der Waals surface area contributed by atoms with E-state index in [4.69, 9.17) is 0 Å². The van der Waals surface area contributed by atoms with Gasteiger partial charge in [0.25, 0.3) is 0 Å². The average Bonchev–Trinajstić information content (AvgIpc) is 3.08. The number of nitrogens with one attached hydrogen (secondary N) is 1. The molecule has 18 heavy (non-hydrogen) atoms. The SMILES string of the molecule is CCCNCC(O)CN(Cc1ccsc1)C1CC1.